The number of nitrogens with zero attached hydrogens (tertiary/aromatic N) is 3. The van der Waals surface area contributed by atoms with Crippen molar-refractivity contribution in [1.82, 2.24) is 9.80 Å². The molecule has 0 bridgehead atoms. The van der Waals surface area contributed by atoms with Gasteiger partial charge >= 0.3 is 5.97 Å². The first-order valence-corrected chi connectivity index (χ1v) is 12.5. The van der Waals surface area contributed by atoms with E-state index in [0.717, 1.165) is 36.9 Å². The molecular weight excluding hydrogens is 414 g/mol. The molecule has 0 aromatic carbocycles. The standard InChI is InChI=1S/C23H35N3O4S/c1-13-19-18(14(2)27)22(28)26(19)20(23(29)30)21(13)31-17-8-9-25(12-17)11-16-6-4-15(5-7-16)10-24-3/h10,13-19,27H,4-9,11-12H2,1-3H3,(H,29,30)/t13-,14-,15?,16?,17-,18-,19-/m1/s1. The van der Waals surface area contributed by atoms with Gasteiger partial charge in [-0.05, 0) is 57.4 Å². The van der Waals surface area contributed by atoms with Gasteiger partial charge in [-0.3, -0.25) is 4.79 Å². The summed E-state index contributed by atoms with van der Waals surface area (Å²) in [4.78, 5) is 33.5. The van der Waals surface area contributed by atoms with Crippen molar-refractivity contribution in [1.29, 1.82) is 0 Å². The third-order valence-electron chi connectivity index (χ3n) is 7.60. The predicted molar refractivity (Wildman–Crippen MR) is 122 cm³/mol. The molecule has 3 aliphatic heterocycles. The van der Waals surface area contributed by atoms with Gasteiger partial charge in [0.05, 0.1) is 18.1 Å². The lowest BCUT2D eigenvalue weighted by molar-refractivity contribution is -0.163. The lowest BCUT2D eigenvalue weighted by Gasteiger charge is -2.46. The third-order valence-corrected chi connectivity index (χ3v) is 9.14. The Morgan fingerprint density at radius 1 is 1.29 bits per heavy atom. The second-order valence-corrected chi connectivity index (χ2v) is 11.1. The number of aliphatic hydroxyl groups is 1. The van der Waals surface area contributed by atoms with Crippen LogP contribution in [0, 0.1) is 23.7 Å². The van der Waals surface area contributed by atoms with Crippen LogP contribution in [0.4, 0.5) is 0 Å². The number of β-lactam (4-membered cyclic amide) rings is 1. The van der Waals surface area contributed by atoms with Gasteiger partial charge in [0.2, 0.25) is 5.91 Å². The summed E-state index contributed by atoms with van der Waals surface area (Å²) >= 11 is 1.66. The number of fused-ring (bicyclic) bond motifs is 1. The van der Waals surface area contributed by atoms with Crippen LogP contribution in [0.2, 0.25) is 0 Å². The molecule has 5 atom stereocenters. The van der Waals surface area contributed by atoms with Crippen molar-refractivity contribution in [2.45, 2.75) is 63.3 Å². The van der Waals surface area contributed by atoms with Crippen LogP contribution in [-0.4, -0.2) is 82.2 Å². The highest BCUT2D eigenvalue weighted by molar-refractivity contribution is 8.03. The van der Waals surface area contributed by atoms with Crippen molar-refractivity contribution in [3.8, 4) is 0 Å². The number of carboxylic acid groups (broad SMARTS) is 1. The van der Waals surface area contributed by atoms with Crippen molar-refractivity contribution in [2.24, 2.45) is 28.7 Å². The van der Waals surface area contributed by atoms with Gasteiger partial charge < -0.3 is 25.0 Å². The number of carbonyl (C=O) groups excluding carboxylic acids is 1. The molecule has 0 aromatic heterocycles. The minimum Gasteiger partial charge on any atom is -0.477 e. The van der Waals surface area contributed by atoms with Crippen molar-refractivity contribution >= 4 is 29.9 Å². The maximum atomic E-state index is 12.5. The molecule has 0 radical (unpaired) electrons. The molecule has 0 unspecified atom stereocenters. The number of carbonyl (C=O) groups is 2. The van der Waals surface area contributed by atoms with Crippen LogP contribution in [0.3, 0.4) is 0 Å². The monoisotopic (exact) mass is 449 g/mol. The first-order chi connectivity index (χ1) is 14.8. The number of amides is 1. The fraction of sp³-hybridized carbons (Fsp3) is 0.783. The molecule has 8 heteroatoms. The van der Waals surface area contributed by atoms with Crippen LogP contribution in [-0.2, 0) is 9.59 Å². The molecule has 3 fully saturated rings. The van der Waals surface area contributed by atoms with Gasteiger partial charge in [-0.25, -0.2) is 4.79 Å². The normalized spacial score (nSPS) is 37.4. The zero-order chi connectivity index (χ0) is 22.3. The van der Waals surface area contributed by atoms with E-state index in [1.807, 2.05) is 14.0 Å². The summed E-state index contributed by atoms with van der Waals surface area (Å²) in [7, 11) is 1.85. The lowest BCUT2D eigenvalue weighted by atomic mass is 9.79. The molecule has 31 heavy (non-hydrogen) atoms. The van der Waals surface area contributed by atoms with Crippen LogP contribution >= 0.6 is 11.8 Å². The minimum atomic E-state index is -1.03. The largest absolute Gasteiger partial charge is 0.477 e. The summed E-state index contributed by atoms with van der Waals surface area (Å²) in [6.07, 6.45) is 7.38. The van der Waals surface area contributed by atoms with Gasteiger partial charge in [0.1, 0.15) is 5.70 Å². The third kappa shape index (κ3) is 4.31. The average Bonchev–Trinajstić information content (AvgIpc) is 3.25. The molecule has 1 saturated carbocycles. The van der Waals surface area contributed by atoms with Gasteiger partial charge in [-0.2, -0.15) is 0 Å². The Kier molecular flexibility index (Phi) is 6.79. The molecule has 3 heterocycles. The maximum Gasteiger partial charge on any atom is 0.353 e. The minimum absolute atomic E-state index is 0.0436. The number of aliphatic hydroxyl groups excluding tert-OH is 1. The van der Waals surface area contributed by atoms with Gasteiger partial charge in [0, 0.05) is 42.4 Å². The highest BCUT2D eigenvalue weighted by Crippen LogP contribution is 2.52. The van der Waals surface area contributed by atoms with Gasteiger partial charge in [0.15, 0.2) is 0 Å². The van der Waals surface area contributed by atoms with Crippen molar-refractivity contribution in [3.05, 3.63) is 10.6 Å². The number of likely N-dealkylation sites (tertiary alicyclic amines) is 1. The number of hydrogen-bond acceptors (Lipinski definition) is 6. The Balaban J connectivity index is 1.35. The first kappa shape index (κ1) is 22.8. The lowest BCUT2D eigenvalue weighted by Crippen LogP contribution is -2.63. The SMILES string of the molecule is CN=CC1CCC(CN2CC[C@@H](SC3=C(C(=O)O)N4C(=O)[C@H]([C@@H](C)O)[C@H]4[C@H]3C)C2)CC1. The van der Waals surface area contributed by atoms with Crippen molar-refractivity contribution < 1.29 is 19.8 Å². The van der Waals surface area contributed by atoms with E-state index >= 15 is 0 Å². The van der Waals surface area contributed by atoms with Crippen LogP contribution < -0.4 is 0 Å². The average molecular weight is 450 g/mol. The van der Waals surface area contributed by atoms with E-state index in [9.17, 15) is 19.8 Å². The number of aliphatic carboxylic acids is 1. The number of aliphatic imine (C=N–C) groups is 1. The predicted octanol–water partition coefficient (Wildman–Crippen LogP) is 2.45. The molecule has 1 aliphatic carbocycles. The van der Waals surface area contributed by atoms with Crippen molar-refractivity contribution in [2.75, 3.05) is 26.7 Å². The number of hydrogen-bond donors (Lipinski definition) is 2. The van der Waals surface area contributed by atoms with Gasteiger partial charge in [0.25, 0.3) is 0 Å². The highest BCUT2D eigenvalue weighted by Gasteiger charge is 2.60. The molecule has 7 nitrogen and oxygen atoms in total. The molecule has 172 valence electrons. The molecule has 1 amide bonds. The van der Waals surface area contributed by atoms with Crippen LogP contribution in [0.15, 0.2) is 15.6 Å². The summed E-state index contributed by atoms with van der Waals surface area (Å²) in [5.41, 5.74) is 0.152. The zero-order valence-electron chi connectivity index (χ0n) is 18.7. The second kappa shape index (κ2) is 9.24. The van der Waals surface area contributed by atoms with E-state index in [1.54, 1.807) is 18.7 Å². The molecule has 2 saturated heterocycles. The molecule has 0 aromatic rings. The van der Waals surface area contributed by atoms with Crippen LogP contribution in [0.25, 0.3) is 0 Å². The summed E-state index contributed by atoms with van der Waals surface area (Å²) in [5, 5.41) is 20.2. The Hall–Kier alpha value is -1.38. The quantitative estimate of drug-likeness (QED) is 0.458. The second-order valence-electron chi connectivity index (χ2n) is 9.75. The molecule has 2 N–H and O–H groups in total. The van der Waals surface area contributed by atoms with Crippen molar-refractivity contribution in [3.63, 3.8) is 0 Å². The Morgan fingerprint density at radius 2 is 2.00 bits per heavy atom. The van der Waals surface area contributed by atoms with E-state index in [4.69, 9.17) is 0 Å². The van der Waals surface area contributed by atoms with Gasteiger partial charge in [-0.1, -0.05) is 6.92 Å². The molecule has 0 spiro atoms. The van der Waals surface area contributed by atoms with Gasteiger partial charge in [-0.15, -0.1) is 11.8 Å². The maximum absolute atomic E-state index is 12.5. The first-order valence-electron chi connectivity index (χ1n) is 11.6. The topological polar surface area (TPSA) is 93.4 Å². The fourth-order valence-corrected chi connectivity index (χ4v) is 7.53. The van der Waals surface area contributed by atoms with E-state index in [1.165, 1.54) is 30.6 Å². The Labute approximate surface area is 189 Å². The smallest absolute Gasteiger partial charge is 0.353 e. The van der Waals surface area contributed by atoms with E-state index < -0.39 is 18.0 Å². The summed E-state index contributed by atoms with van der Waals surface area (Å²) in [6.45, 7) is 6.78. The molecular formula is C23H35N3O4S. The van der Waals surface area contributed by atoms with E-state index in [0.29, 0.717) is 11.2 Å². The Morgan fingerprint density at radius 3 is 2.61 bits per heavy atom. The zero-order valence-corrected chi connectivity index (χ0v) is 19.6. The van der Waals surface area contributed by atoms with E-state index in [-0.39, 0.29) is 23.6 Å². The number of rotatable bonds is 7. The Bertz CT molecular complexity index is 775. The highest BCUT2D eigenvalue weighted by atomic mass is 32.2. The number of thioether (sulfide) groups is 1. The summed E-state index contributed by atoms with van der Waals surface area (Å²) in [5.74, 6) is -0.427. The van der Waals surface area contributed by atoms with Crippen LogP contribution in [0.1, 0.15) is 46.0 Å². The van der Waals surface area contributed by atoms with E-state index in [2.05, 4.69) is 16.1 Å². The van der Waals surface area contributed by atoms with Crippen LogP contribution in [0.5, 0.6) is 0 Å². The summed E-state index contributed by atoms with van der Waals surface area (Å²) < 4.78 is 0. The summed E-state index contributed by atoms with van der Waals surface area (Å²) in [6, 6.07) is -0.222. The molecule has 4 aliphatic rings. The molecule has 4 rings (SSSR count). The fourth-order valence-electron chi connectivity index (χ4n) is 6.01. The number of carboxylic acids is 1.